The van der Waals surface area contributed by atoms with E-state index in [4.69, 9.17) is 11.3 Å². The molecule has 1 aromatic rings. The molecule has 4 heteroatoms. The van der Waals surface area contributed by atoms with E-state index in [1.165, 1.54) is 11.3 Å². The minimum Gasteiger partial charge on any atom is -0.469 e. The van der Waals surface area contributed by atoms with Gasteiger partial charge in [-0.3, -0.25) is 0 Å². The number of hydrogen-bond donors (Lipinski definition) is 0. The number of nitrogens with zero attached hydrogens (tertiary/aromatic N) is 3. The van der Waals surface area contributed by atoms with Gasteiger partial charge in [-0.1, -0.05) is 32.9 Å². The summed E-state index contributed by atoms with van der Waals surface area (Å²) in [5.41, 5.74) is 3.97. The van der Waals surface area contributed by atoms with Crippen molar-refractivity contribution in [1.29, 1.82) is 5.26 Å². The van der Waals surface area contributed by atoms with Gasteiger partial charge in [-0.25, -0.2) is 10.1 Å². The van der Waals surface area contributed by atoms with Crippen LogP contribution in [0, 0.1) is 23.3 Å². The highest BCUT2D eigenvalue weighted by atomic mass is 16.5. The molecule has 28 heavy (non-hydrogen) atoms. The van der Waals surface area contributed by atoms with Crippen LogP contribution in [0.1, 0.15) is 46.6 Å². The molecule has 146 valence electrons. The third-order valence-corrected chi connectivity index (χ3v) is 4.91. The van der Waals surface area contributed by atoms with Crippen molar-refractivity contribution in [3.05, 3.63) is 76.2 Å². The maximum absolute atomic E-state index is 9.38. The second-order valence-corrected chi connectivity index (χ2v) is 7.84. The summed E-state index contributed by atoms with van der Waals surface area (Å²) in [6, 6.07) is 10.6. The SMILES string of the molecule is [C-]#[N+]/C(C#N)=C1/C=C(C(C)(C)C)OC=C1CCc1ccc(N(CC)CC)cc1. The summed E-state index contributed by atoms with van der Waals surface area (Å²) < 4.78 is 5.84. The highest BCUT2D eigenvalue weighted by Gasteiger charge is 2.24. The number of nitriles is 1. The minimum atomic E-state index is -0.184. The van der Waals surface area contributed by atoms with E-state index in [-0.39, 0.29) is 11.1 Å². The number of hydrogen-bond acceptors (Lipinski definition) is 3. The molecule has 0 aliphatic carbocycles. The van der Waals surface area contributed by atoms with Crippen LogP contribution >= 0.6 is 0 Å². The molecule has 1 aliphatic heterocycles. The molecule has 0 spiro atoms. The Morgan fingerprint density at radius 3 is 2.29 bits per heavy atom. The lowest BCUT2D eigenvalue weighted by molar-refractivity contribution is 0.239. The van der Waals surface area contributed by atoms with Crippen LogP contribution in [0.3, 0.4) is 0 Å². The molecule has 0 atom stereocenters. The summed E-state index contributed by atoms with van der Waals surface area (Å²) in [6.07, 6.45) is 5.11. The quantitative estimate of drug-likeness (QED) is 0.452. The van der Waals surface area contributed by atoms with Gasteiger partial charge in [-0.15, -0.1) is 0 Å². The fraction of sp³-hybridized carbons (Fsp3) is 0.417. The third kappa shape index (κ3) is 5.05. The molecule has 1 aliphatic rings. The monoisotopic (exact) mass is 375 g/mol. The average Bonchev–Trinajstić information content (AvgIpc) is 2.69. The summed E-state index contributed by atoms with van der Waals surface area (Å²) in [7, 11) is 0. The van der Waals surface area contributed by atoms with Crippen LogP contribution < -0.4 is 4.90 Å². The van der Waals surface area contributed by atoms with Gasteiger partial charge in [0.05, 0.1) is 18.9 Å². The Hall–Kier alpha value is -2.98. The van der Waals surface area contributed by atoms with E-state index < -0.39 is 0 Å². The molecule has 0 N–H and O–H groups in total. The number of ether oxygens (including phenoxy) is 1. The molecule has 2 rings (SSSR count). The maximum atomic E-state index is 9.38. The second-order valence-electron chi connectivity index (χ2n) is 7.84. The van der Waals surface area contributed by atoms with Crippen molar-refractivity contribution in [2.45, 2.75) is 47.5 Å². The Morgan fingerprint density at radius 2 is 1.79 bits per heavy atom. The van der Waals surface area contributed by atoms with Gasteiger partial charge in [0.15, 0.2) is 0 Å². The van der Waals surface area contributed by atoms with Crippen molar-refractivity contribution in [2.24, 2.45) is 5.41 Å². The van der Waals surface area contributed by atoms with E-state index in [1.54, 1.807) is 6.26 Å². The molecule has 0 bridgehead atoms. The fourth-order valence-electron chi connectivity index (χ4n) is 3.15. The standard InChI is InChI=1S/C24H29N3O/c1-7-27(8-2)20-13-10-18(11-14-20)9-12-19-17-28-23(24(3,4)5)15-21(19)22(16-25)26-6/h10-11,13-15,17H,7-9,12H2,1-5H3/b22-21-. The van der Waals surface area contributed by atoms with Gasteiger partial charge in [-0.05, 0) is 56.0 Å². The van der Waals surface area contributed by atoms with Gasteiger partial charge in [0.2, 0.25) is 0 Å². The zero-order valence-corrected chi connectivity index (χ0v) is 17.5. The van der Waals surface area contributed by atoms with Crippen LogP contribution in [-0.4, -0.2) is 13.1 Å². The van der Waals surface area contributed by atoms with Gasteiger partial charge in [0.25, 0.3) is 5.70 Å². The van der Waals surface area contributed by atoms with Crippen LogP contribution in [0.15, 0.2) is 59.2 Å². The summed E-state index contributed by atoms with van der Waals surface area (Å²) in [4.78, 5) is 5.74. The van der Waals surface area contributed by atoms with Crippen LogP contribution in [0.4, 0.5) is 5.69 Å². The molecule has 0 aromatic heterocycles. The van der Waals surface area contributed by atoms with Crippen LogP contribution in [0.5, 0.6) is 0 Å². The molecule has 1 heterocycles. The molecule has 1 aromatic carbocycles. The van der Waals surface area contributed by atoms with Crippen molar-refractivity contribution in [3.8, 4) is 6.07 Å². The second kappa shape index (κ2) is 9.29. The van der Waals surface area contributed by atoms with Crippen molar-refractivity contribution >= 4 is 5.69 Å². The Labute approximate surface area is 169 Å². The molecule has 0 saturated carbocycles. The first-order valence-electron chi connectivity index (χ1n) is 9.78. The molecule has 0 unspecified atom stereocenters. The van der Waals surface area contributed by atoms with Crippen molar-refractivity contribution in [3.63, 3.8) is 0 Å². The van der Waals surface area contributed by atoms with E-state index in [1.807, 2.05) is 12.1 Å². The molecular weight excluding hydrogens is 346 g/mol. The van der Waals surface area contributed by atoms with E-state index in [9.17, 15) is 5.26 Å². The van der Waals surface area contributed by atoms with Gasteiger partial charge >= 0.3 is 0 Å². The van der Waals surface area contributed by atoms with Gasteiger partial charge in [0, 0.05) is 29.8 Å². The van der Waals surface area contributed by atoms with E-state index in [0.717, 1.165) is 30.8 Å². The smallest absolute Gasteiger partial charge is 0.269 e. The topological polar surface area (TPSA) is 40.6 Å². The Kier molecular flexibility index (Phi) is 7.07. The van der Waals surface area contributed by atoms with Crippen molar-refractivity contribution < 1.29 is 4.74 Å². The molecular formula is C24H29N3O. The Morgan fingerprint density at radius 1 is 1.14 bits per heavy atom. The Balaban J connectivity index is 2.19. The first-order chi connectivity index (χ1) is 13.3. The number of rotatable bonds is 6. The molecule has 4 nitrogen and oxygen atoms in total. The van der Waals surface area contributed by atoms with Crippen molar-refractivity contribution in [2.75, 3.05) is 18.0 Å². The summed E-state index contributed by atoms with van der Waals surface area (Å²) in [6.45, 7) is 19.8. The van der Waals surface area contributed by atoms with Crippen LogP contribution in [0.2, 0.25) is 0 Å². The maximum Gasteiger partial charge on any atom is 0.269 e. The molecule has 0 fully saturated rings. The van der Waals surface area contributed by atoms with Crippen LogP contribution in [-0.2, 0) is 11.2 Å². The van der Waals surface area contributed by atoms with E-state index in [2.05, 4.69) is 68.6 Å². The van der Waals surface area contributed by atoms with Crippen LogP contribution in [0.25, 0.3) is 4.85 Å². The lowest BCUT2D eigenvalue weighted by Gasteiger charge is -2.26. The third-order valence-electron chi connectivity index (χ3n) is 4.91. The molecule has 0 radical (unpaired) electrons. The zero-order valence-electron chi connectivity index (χ0n) is 17.5. The van der Waals surface area contributed by atoms with Gasteiger partial charge in [-0.2, -0.15) is 0 Å². The zero-order chi connectivity index (χ0) is 20.7. The highest BCUT2D eigenvalue weighted by Crippen LogP contribution is 2.35. The minimum absolute atomic E-state index is 0.119. The fourth-order valence-corrected chi connectivity index (χ4v) is 3.15. The lowest BCUT2D eigenvalue weighted by Crippen LogP contribution is -2.21. The predicted molar refractivity (Wildman–Crippen MR) is 114 cm³/mol. The largest absolute Gasteiger partial charge is 0.469 e. The van der Waals surface area contributed by atoms with E-state index >= 15 is 0 Å². The van der Waals surface area contributed by atoms with Gasteiger partial charge < -0.3 is 9.64 Å². The van der Waals surface area contributed by atoms with E-state index in [0.29, 0.717) is 12.0 Å². The first kappa shape index (κ1) is 21.3. The van der Waals surface area contributed by atoms with Gasteiger partial charge in [0.1, 0.15) is 5.76 Å². The number of allylic oxidation sites excluding steroid dienone is 5. The number of benzene rings is 1. The number of aryl methyl sites for hydroxylation is 1. The summed E-state index contributed by atoms with van der Waals surface area (Å²) >= 11 is 0. The average molecular weight is 376 g/mol. The lowest BCUT2D eigenvalue weighted by atomic mass is 9.88. The summed E-state index contributed by atoms with van der Waals surface area (Å²) in [5, 5.41) is 9.38. The number of anilines is 1. The Bertz CT molecular complexity index is 848. The normalized spacial score (nSPS) is 15.5. The molecule has 0 amide bonds. The first-order valence-corrected chi connectivity index (χ1v) is 9.78. The summed E-state index contributed by atoms with van der Waals surface area (Å²) in [5.74, 6) is 0.770. The predicted octanol–water partition coefficient (Wildman–Crippen LogP) is 6.01. The van der Waals surface area contributed by atoms with Crippen molar-refractivity contribution in [1.82, 2.24) is 0 Å². The highest BCUT2D eigenvalue weighted by molar-refractivity contribution is 5.53. The molecule has 0 saturated heterocycles.